The van der Waals surface area contributed by atoms with Gasteiger partial charge >= 0.3 is 0 Å². The smallest absolute Gasteiger partial charge is 0.254 e. The number of carbonyl (C=O) groups is 1. The van der Waals surface area contributed by atoms with Crippen molar-refractivity contribution in [2.24, 2.45) is 5.92 Å². The second-order valence-electron chi connectivity index (χ2n) is 6.67. The van der Waals surface area contributed by atoms with E-state index in [0.29, 0.717) is 11.6 Å². The molecule has 0 bridgehead atoms. The van der Waals surface area contributed by atoms with Gasteiger partial charge in [0.25, 0.3) is 5.91 Å². The molecule has 2 aliphatic rings. The lowest BCUT2D eigenvalue weighted by atomic mass is 9.84. The first-order valence-electron chi connectivity index (χ1n) is 8.44. The van der Waals surface area contributed by atoms with Crippen LogP contribution in [-0.2, 0) is 0 Å². The van der Waals surface area contributed by atoms with Crippen LogP contribution in [0.3, 0.4) is 0 Å². The van der Waals surface area contributed by atoms with Crippen LogP contribution in [0, 0.1) is 11.7 Å². The molecule has 1 saturated carbocycles. The van der Waals surface area contributed by atoms with Crippen molar-refractivity contribution < 1.29 is 9.18 Å². The summed E-state index contributed by atoms with van der Waals surface area (Å²) in [5, 5.41) is 0. The number of hydrogen-bond donors (Lipinski definition) is 0. The predicted octanol–water partition coefficient (Wildman–Crippen LogP) is 3.16. The van der Waals surface area contributed by atoms with Gasteiger partial charge in [0.1, 0.15) is 5.82 Å². The Kier molecular flexibility index (Phi) is 4.77. The number of nitrogens with zero attached hydrogens (tertiary/aromatic N) is 2. The minimum Gasteiger partial charge on any atom is -0.336 e. The Labute approximate surface area is 132 Å². The first-order valence-corrected chi connectivity index (χ1v) is 8.44. The van der Waals surface area contributed by atoms with E-state index in [2.05, 4.69) is 11.8 Å². The minimum atomic E-state index is -0.347. The van der Waals surface area contributed by atoms with Crippen LogP contribution in [0.15, 0.2) is 24.3 Å². The van der Waals surface area contributed by atoms with Crippen LogP contribution in [0.4, 0.5) is 4.39 Å². The first-order chi connectivity index (χ1) is 10.6. The molecule has 1 aromatic rings. The Morgan fingerprint density at radius 1 is 1.14 bits per heavy atom. The van der Waals surface area contributed by atoms with Gasteiger partial charge in [0, 0.05) is 37.8 Å². The number of hydrogen-bond acceptors (Lipinski definition) is 2. The van der Waals surface area contributed by atoms with Crippen molar-refractivity contribution >= 4 is 5.91 Å². The molecule has 1 aliphatic carbocycles. The maximum atomic E-state index is 13.3. The van der Waals surface area contributed by atoms with Gasteiger partial charge in [-0.2, -0.15) is 0 Å². The van der Waals surface area contributed by atoms with Crippen LogP contribution in [0.2, 0.25) is 0 Å². The van der Waals surface area contributed by atoms with Crippen molar-refractivity contribution in [2.45, 2.75) is 38.6 Å². The summed E-state index contributed by atoms with van der Waals surface area (Å²) >= 11 is 0. The predicted molar refractivity (Wildman–Crippen MR) is 85.3 cm³/mol. The van der Waals surface area contributed by atoms with Crippen LogP contribution in [0.1, 0.15) is 43.0 Å². The monoisotopic (exact) mass is 304 g/mol. The van der Waals surface area contributed by atoms with E-state index in [0.717, 1.165) is 32.1 Å². The maximum Gasteiger partial charge on any atom is 0.254 e. The highest BCUT2D eigenvalue weighted by Crippen LogP contribution is 2.28. The molecule has 2 fully saturated rings. The fourth-order valence-corrected chi connectivity index (χ4v) is 3.90. The number of carbonyl (C=O) groups excluding carboxylic acids is 1. The lowest BCUT2D eigenvalue weighted by Gasteiger charge is -2.43. The average Bonchev–Trinajstić information content (AvgIpc) is 2.55. The molecule has 0 N–H and O–H groups in total. The fourth-order valence-electron chi connectivity index (χ4n) is 3.90. The van der Waals surface area contributed by atoms with E-state index < -0.39 is 0 Å². The molecule has 22 heavy (non-hydrogen) atoms. The summed E-state index contributed by atoms with van der Waals surface area (Å²) in [4.78, 5) is 16.9. The van der Waals surface area contributed by atoms with Gasteiger partial charge in [-0.05, 0) is 37.0 Å². The third-order valence-corrected chi connectivity index (χ3v) is 5.21. The summed E-state index contributed by atoms with van der Waals surface area (Å²) in [5.41, 5.74) is 0.458. The van der Waals surface area contributed by atoms with Crippen LogP contribution in [0.5, 0.6) is 0 Å². The van der Waals surface area contributed by atoms with Crippen molar-refractivity contribution in [1.29, 1.82) is 0 Å². The zero-order valence-corrected chi connectivity index (χ0v) is 13.3. The van der Waals surface area contributed by atoms with Gasteiger partial charge in [0.15, 0.2) is 0 Å². The Bertz CT molecular complexity index is 526. The van der Waals surface area contributed by atoms with Gasteiger partial charge in [0.05, 0.1) is 0 Å². The summed E-state index contributed by atoms with van der Waals surface area (Å²) in [7, 11) is 0. The number of benzene rings is 1. The Balaban J connectivity index is 1.58. The van der Waals surface area contributed by atoms with Gasteiger partial charge in [-0.15, -0.1) is 0 Å². The van der Waals surface area contributed by atoms with Crippen molar-refractivity contribution in [3.8, 4) is 0 Å². The maximum absolute atomic E-state index is 13.3. The summed E-state index contributed by atoms with van der Waals surface area (Å²) in [6.45, 7) is 5.73. The number of piperazine rings is 1. The molecular formula is C18H25FN2O. The summed E-state index contributed by atoms with van der Waals surface area (Å²) in [5.74, 6) is 0.371. The van der Waals surface area contributed by atoms with E-state index in [1.807, 2.05) is 4.90 Å². The zero-order chi connectivity index (χ0) is 15.5. The molecule has 1 amide bonds. The fraction of sp³-hybridized carbons (Fsp3) is 0.611. The van der Waals surface area contributed by atoms with Crippen molar-refractivity contribution in [3.05, 3.63) is 35.6 Å². The molecule has 2 atom stereocenters. The summed E-state index contributed by atoms with van der Waals surface area (Å²) in [6, 6.07) is 6.68. The highest BCUT2D eigenvalue weighted by atomic mass is 19.1. The molecule has 0 radical (unpaired) electrons. The van der Waals surface area contributed by atoms with Crippen LogP contribution < -0.4 is 0 Å². The molecule has 1 heterocycles. The molecule has 4 heteroatoms. The standard InChI is InChI=1S/C18H25FN2O/c1-14-5-2-3-8-17(14)20-9-11-21(12-10-20)18(22)15-6-4-7-16(19)13-15/h4,6-7,13-14,17H,2-3,5,8-12H2,1H3/t14-,17-/m1/s1. The number of halogens is 1. The molecular weight excluding hydrogens is 279 g/mol. The van der Waals surface area contributed by atoms with Gasteiger partial charge < -0.3 is 4.90 Å². The third kappa shape index (κ3) is 3.32. The van der Waals surface area contributed by atoms with Gasteiger partial charge in [-0.3, -0.25) is 9.69 Å². The highest BCUT2D eigenvalue weighted by molar-refractivity contribution is 5.94. The van der Waals surface area contributed by atoms with Crippen molar-refractivity contribution in [2.75, 3.05) is 26.2 Å². The quantitative estimate of drug-likeness (QED) is 0.838. The lowest BCUT2D eigenvalue weighted by molar-refractivity contribution is 0.0423. The second-order valence-corrected chi connectivity index (χ2v) is 6.67. The molecule has 0 aromatic heterocycles. The summed E-state index contributed by atoms with van der Waals surface area (Å²) < 4.78 is 13.3. The molecule has 3 nitrogen and oxygen atoms in total. The summed E-state index contributed by atoms with van der Waals surface area (Å²) in [6.07, 6.45) is 5.30. The van der Waals surface area contributed by atoms with Gasteiger partial charge in [-0.1, -0.05) is 25.8 Å². The van der Waals surface area contributed by atoms with Gasteiger partial charge in [-0.25, -0.2) is 4.39 Å². The zero-order valence-electron chi connectivity index (χ0n) is 13.3. The van der Waals surface area contributed by atoms with Crippen molar-refractivity contribution in [1.82, 2.24) is 9.80 Å². The average molecular weight is 304 g/mol. The lowest BCUT2D eigenvalue weighted by Crippen LogP contribution is -2.53. The highest BCUT2D eigenvalue weighted by Gasteiger charge is 2.30. The molecule has 1 aliphatic heterocycles. The number of rotatable bonds is 2. The van der Waals surface area contributed by atoms with E-state index in [1.165, 1.54) is 37.8 Å². The van der Waals surface area contributed by atoms with E-state index in [-0.39, 0.29) is 11.7 Å². The van der Waals surface area contributed by atoms with Crippen LogP contribution >= 0.6 is 0 Å². The molecule has 1 aromatic carbocycles. The van der Waals surface area contributed by atoms with E-state index in [1.54, 1.807) is 12.1 Å². The Morgan fingerprint density at radius 2 is 1.86 bits per heavy atom. The third-order valence-electron chi connectivity index (χ3n) is 5.21. The first kappa shape index (κ1) is 15.5. The molecule has 3 rings (SSSR count). The van der Waals surface area contributed by atoms with E-state index >= 15 is 0 Å². The molecule has 120 valence electrons. The van der Waals surface area contributed by atoms with Crippen LogP contribution in [-0.4, -0.2) is 47.9 Å². The molecule has 0 spiro atoms. The van der Waals surface area contributed by atoms with Crippen LogP contribution in [0.25, 0.3) is 0 Å². The van der Waals surface area contributed by atoms with Crippen molar-refractivity contribution in [3.63, 3.8) is 0 Å². The number of amides is 1. The Hall–Kier alpha value is -1.42. The minimum absolute atomic E-state index is 0.0455. The normalized spacial score (nSPS) is 26.9. The molecule has 0 unspecified atom stereocenters. The Morgan fingerprint density at radius 3 is 2.55 bits per heavy atom. The van der Waals surface area contributed by atoms with E-state index in [9.17, 15) is 9.18 Å². The van der Waals surface area contributed by atoms with Gasteiger partial charge in [0.2, 0.25) is 0 Å². The van der Waals surface area contributed by atoms with E-state index in [4.69, 9.17) is 0 Å². The SMILES string of the molecule is C[C@@H]1CCCC[C@H]1N1CCN(C(=O)c2cccc(F)c2)CC1. The molecule has 1 saturated heterocycles. The largest absolute Gasteiger partial charge is 0.336 e. The second kappa shape index (κ2) is 6.78. The topological polar surface area (TPSA) is 23.6 Å².